The zero-order chi connectivity index (χ0) is 18.9. The van der Waals surface area contributed by atoms with Gasteiger partial charge in [-0.15, -0.1) is 0 Å². The van der Waals surface area contributed by atoms with E-state index in [4.69, 9.17) is 0 Å². The largest absolute Gasteiger partial charge is 0.409 e. The first-order chi connectivity index (χ1) is 12.3. The summed E-state index contributed by atoms with van der Waals surface area (Å²) in [6, 6.07) is 3.96. The number of carbonyl (C=O) groups is 2. The van der Waals surface area contributed by atoms with Crippen molar-refractivity contribution in [1.29, 1.82) is 0 Å². The number of halogens is 3. The lowest BCUT2D eigenvalue weighted by Crippen LogP contribution is -2.53. The Morgan fingerprint density at radius 1 is 1.23 bits per heavy atom. The van der Waals surface area contributed by atoms with Gasteiger partial charge in [0.15, 0.2) is 0 Å². The van der Waals surface area contributed by atoms with Crippen LogP contribution in [0.5, 0.6) is 0 Å². The van der Waals surface area contributed by atoms with Crippen LogP contribution in [0, 0.1) is 5.92 Å². The van der Waals surface area contributed by atoms with Gasteiger partial charge in [-0.3, -0.25) is 19.4 Å². The van der Waals surface area contributed by atoms with Gasteiger partial charge in [0.25, 0.3) is 0 Å². The Kier molecular flexibility index (Phi) is 5.22. The molecule has 1 N–H and O–H groups in total. The average molecular weight is 369 g/mol. The molecule has 26 heavy (non-hydrogen) atoms. The molecule has 0 saturated carbocycles. The van der Waals surface area contributed by atoms with E-state index in [0.29, 0.717) is 19.0 Å². The van der Waals surface area contributed by atoms with Gasteiger partial charge in [0.1, 0.15) is 6.04 Å². The van der Waals surface area contributed by atoms with E-state index in [1.54, 1.807) is 12.1 Å². The molecule has 0 aliphatic carbocycles. The van der Waals surface area contributed by atoms with Gasteiger partial charge in [0.05, 0.1) is 24.3 Å². The smallest absolute Gasteiger partial charge is 0.324 e. The molecule has 0 aromatic heterocycles. The molecule has 1 aromatic carbocycles. The number of nitrogens with zero attached hydrogens (tertiary/aromatic N) is 2. The number of para-hydroxylation sites is 2. The number of piperidine rings is 1. The van der Waals surface area contributed by atoms with Gasteiger partial charge in [0, 0.05) is 0 Å². The second-order valence-electron chi connectivity index (χ2n) is 7.05. The molecule has 3 rings (SSSR count). The highest BCUT2D eigenvalue weighted by atomic mass is 19.4. The van der Waals surface area contributed by atoms with Gasteiger partial charge in [0.2, 0.25) is 11.8 Å². The Hall–Kier alpha value is -2.09. The minimum absolute atomic E-state index is 0.0815. The third kappa shape index (κ3) is 4.00. The summed E-state index contributed by atoms with van der Waals surface area (Å²) in [4.78, 5) is 27.5. The lowest BCUT2D eigenvalue weighted by Gasteiger charge is -2.35. The molecule has 2 aliphatic rings. The maximum Gasteiger partial charge on any atom is 0.409 e. The number of hydrogen-bond donors (Lipinski definition) is 1. The van der Waals surface area contributed by atoms with Gasteiger partial charge in [-0.05, 0) is 44.0 Å². The third-order valence-corrected chi connectivity index (χ3v) is 5.01. The number of fused-ring (bicyclic) bond motifs is 1. The van der Waals surface area contributed by atoms with Crippen LogP contribution >= 0.6 is 0 Å². The summed E-state index contributed by atoms with van der Waals surface area (Å²) >= 11 is 0. The minimum atomic E-state index is -4.69. The van der Waals surface area contributed by atoms with Crippen molar-refractivity contribution in [2.75, 3.05) is 29.9 Å². The number of carbonyl (C=O) groups excluding carboxylic acids is 2. The number of alkyl halides is 3. The van der Waals surface area contributed by atoms with E-state index in [2.05, 4.69) is 12.2 Å². The van der Waals surface area contributed by atoms with Gasteiger partial charge in [-0.2, -0.15) is 13.2 Å². The summed E-state index contributed by atoms with van der Waals surface area (Å²) in [6.45, 7) is 3.43. The quantitative estimate of drug-likeness (QED) is 0.872. The summed E-state index contributed by atoms with van der Waals surface area (Å²) in [7, 11) is 0. The van der Waals surface area contributed by atoms with Crippen molar-refractivity contribution >= 4 is 23.2 Å². The van der Waals surface area contributed by atoms with E-state index in [-0.39, 0.29) is 17.9 Å². The predicted octanol–water partition coefficient (Wildman–Crippen LogP) is 3.02. The molecule has 1 atom stereocenters. The van der Waals surface area contributed by atoms with Crippen LogP contribution in [0.3, 0.4) is 0 Å². The Morgan fingerprint density at radius 3 is 2.54 bits per heavy atom. The number of anilines is 2. The standard InChI is InChI=1S/C18H22F3N3O2/c1-12-6-8-23(9-7-12)11-17(26)24-14-5-3-2-4-13(14)22-16(25)10-15(24)18(19,20)21/h2-5,12,15H,6-11H2,1H3,(H,22,25)/t15-/m0/s1. The van der Waals surface area contributed by atoms with Gasteiger partial charge in [-0.25, -0.2) is 0 Å². The summed E-state index contributed by atoms with van der Waals surface area (Å²) in [6.07, 6.45) is -3.65. The molecule has 0 bridgehead atoms. The van der Waals surface area contributed by atoms with Crippen LogP contribution in [-0.4, -0.2) is 48.6 Å². The fraction of sp³-hybridized carbons (Fsp3) is 0.556. The van der Waals surface area contributed by atoms with E-state index >= 15 is 0 Å². The lowest BCUT2D eigenvalue weighted by molar-refractivity contribution is -0.158. The van der Waals surface area contributed by atoms with Crippen molar-refractivity contribution < 1.29 is 22.8 Å². The number of benzene rings is 1. The first kappa shape index (κ1) is 18.7. The highest BCUT2D eigenvalue weighted by Gasteiger charge is 2.49. The zero-order valence-electron chi connectivity index (χ0n) is 14.6. The molecule has 2 heterocycles. The van der Waals surface area contributed by atoms with Crippen molar-refractivity contribution in [3.8, 4) is 0 Å². The van der Waals surface area contributed by atoms with E-state index in [1.165, 1.54) is 12.1 Å². The first-order valence-electron chi connectivity index (χ1n) is 8.75. The molecule has 1 aromatic rings. The van der Waals surface area contributed by atoms with Crippen LogP contribution in [-0.2, 0) is 9.59 Å². The van der Waals surface area contributed by atoms with Gasteiger partial charge in [-0.1, -0.05) is 19.1 Å². The van der Waals surface area contributed by atoms with Crippen molar-refractivity contribution in [2.24, 2.45) is 5.92 Å². The average Bonchev–Trinajstić information content (AvgIpc) is 2.72. The summed E-state index contributed by atoms with van der Waals surface area (Å²) in [5.41, 5.74) is 0.320. The van der Waals surface area contributed by atoms with Crippen LogP contribution in [0.1, 0.15) is 26.2 Å². The highest BCUT2D eigenvalue weighted by Crippen LogP contribution is 2.37. The monoisotopic (exact) mass is 369 g/mol. The highest BCUT2D eigenvalue weighted by molar-refractivity contribution is 6.05. The SMILES string of the molecule is CC1CCN(CC(=O)N2c3ccccc3NC(=O)C[C@H]2C(F)(F)F)CC1. The number of amides is 2. The van der Waals surface area contributed by atoms with Crippen molar-refractivity contribution in [2.45, 2.75) is 38.4 Å². The number of hydrogen-bond acceptors (Lipinski definition) is 3. The zero-order valence-corrected chi connectivity index (χ0v) is 14.6. The summed E-state index contributed by atoms with van der Waals surface area (Å²) < 4.78 is 40.9. The fourth-order valence-electron chi connectivity index (χ4n) is 3.48. The van der Waals surface area contributed by atoms with Gasteiger partial charge >= 0.3 is 6.18 Å². The molecule has 2 amide bonds. The molecule has 1 saturated heterocycles. The second-order valence-corrected chi connectivity index (χ2v) is 7.05. The topological polar surface area (TPSA) is 52.7 Å². The Morgan fingerprint density at radius 2 is 1.88 bits per heavy atom. The first-order valence-corrected chi connectivity index (χ1v) is 8.75. The molecule has 8 heteroatoms. The predicted molar refractivity (Wildman–Crippen MR) is 91.9 cm³/mol. The second kappa shape index (κ2) is 7.26. The summed E-state index contributed by atoms with van der Waals surface area (Å²) in [5, 5.41) is 2.47. The van der Waals surface area contributed by atoms with E-state index in [9.17, 15) is 22.8 Å². The third-order valence-electron chi connectivity index (χ3n) is 5.01. The molecule has 142 valence electrons. The molecule has 2 aliphatic heterocycles. The maximum atomic E-state index is 13.6. The lowest BCUT2D eigenvalue weighted by atomic mass is 9.99. The minimum Gasteiger partial charge on any atom is -0.324 e. The number of rotatable bonds is 2. The fourth-order valence-corrected chi connectivity index (χ4v) is 3.48. The Labute approximate surface area is 150 Å². The van der Waals surface area contributed by atoms with Crippen LogP contribution in [0.4, 0.5) is 24.5 Å². The van der Waals surface area contributed by atoms with Crippen molar-refractivity contribution in [3.63, 3.8) is 0 Å². The molecule has 1 fully saturated rings. The molecule has 0 radical (unpaired) electrons. The van der Waals surface area contributed by atoms with Gasteiger partial charge < -0.3 is 5.32 Å². The molecule has 5 nitrogen and oxygen atoms in total. The van der Waals surface area contributed by atoms with Crippen LogP contribution in [0.25, 0.3) is 0 Å². The normalized spacial score (nSPS) is 22.5. The molecular formula is C18H22F3N3O2. The van der Waals surface area contributed by atoms with Crippen LogP contribution < -0.4 is 10.2 Å². The Bertz CT molecular complexity index is 685. The van der Waals surface area contributed by atoms with Crippen molar-refractivity contribution in [3.05, 3.63) is 24.3 Å². The number of nitrogens with one attached hydrogen (secondary N) is 1. The Balaban J connectivity index is 1.91. The van der Waals surface area contributed by atoms with E-state index < -0.39 is 30.5 Å². The van der Waals surface area contributed by atoms with E-state index in [1.807, 2.05) is 4.90 Å². The van der Waals surface area contributed by atoms with E-state index in [0.717, 1.165) is 17.7 Å². The van der Waals surface area contributed by atoms with Crippen LogP contribution in [0.15, 0.2) is 24.3 Å². The molecule has 0 unspecified atom stereocenters. The van der Waals surface area contributed by atoms with Crippen molar-refractivity contribution in [1.82, 2.24) is 4.90 Å². The molecular weight excluding hydrogens is 347 g/mol. The number of likely N-dealkylation sites (tertiary alicyclic amines) is 1. The van der Waals surface area contributed by atoms with Crippen LogP contribution in [0.2, 0.25) is 0 Å². The molecule has 0 spiro atoms. The summed E-state index contributed by atoms with van der Waals surface area (Å²) in [5.74, 6) is -0.822. The maximum absolute atomic E-state index is 13.6.